The lowest BCUT2D eigenvalue weighted by molar-refractivity contribution is -0.120. The summed E-state index contributed by atoms with van der Waals surface area (Å²) in [6, 6.07) is 10.6. The number of rotatable bonds is 3. The molecule has 1 aliphatic heterocycles. The van der Waals surface area contributed by atoms with E-state index in [1.807, 2.05) is 37.3 Å². The molecule has 3 rings (SSSR count). The second-order valence-electron chi connectivity index (χ2n) is 5.42. The van der Waals surface area contributed by atoms with Crippen LogP contribution < -0.4 is 5.32 Å². The number of amides is 2. The Morgan fingerprint density at radius 3 is 2.77 bits per heavy atom. The summed E-state index contributed by atoms with van der Waals surface area (Å²) in [4.78, 5) is 30.5. The lowest BCUT2D eigenvalue weighted by Gasteiger charge is -2.23. The highest BCUT2D eigenvalue weighted by atomic mass is 16.2. The molecule has 1 unspecified atom stereocenters. The van der Waals surface area contributed by atoms with E-state index in [0.717, 1.165) is 11.1 Å². The summed E-state index contributed by atoms with van der Waals surface area (Å²) in [6.45, 7) is 4.08. The molecule has 5 heteroatoms. The molecule has 22 heavy (non-hydrogen) atoms. The van der Waals surface area contributed by atoms with Crippen LogP contribution in [-0.2, 0) is 11.3 Å². The molecule has 1 atom stereocenters. The zero-order valence-electron chi connectivity index (χ0n) is 12.5. The molecule has 2 aromatic rings. The Hall–Kier alpha value is -2.69. The number of carbonyl (C=O) groups excluding carboxylic acids is 2. The Balaban J connectivity index is 1.75. The summed E-state index contributed by atoms with van der Waals surface area (Å²) in [5.41, 5.74) is 2.52. The number of aromatic nitrogens is 1. The number of aryl methyl sites for hydroxylation is 1. The van der Waals surface area contributed by atoms with Crippen molar-refractivity contribution in [1.29, 1.82) is 0 Å². The average Bonchev–Trinajstić information content (AvgIpc) is 2.86. The molecule has 0 bridgehead atoms. The van der Waals surface area contributed by atoms with E-state index in [-0.39, 0.29) is 11.8 Å². The quantitative estimate of drug-likeness (QED) is 0.945. The number of nitrogens with one attached hydrogen (secondary N) is 1. The number of pyridine rings is 1. The van der Waals surface area contributed by atoms with Gasteiger partial charge in [-0.05, 0) is 37.1 Å². The lowest BCUT2D eigenvalue weighted by atomic mass is 10.1. The van der Waals surface area contributed by atoms with E-state index in [4.69, 9.17) is 0 Å². The van der Waals surface area contributed by atoms with Gasteiger partial charge in [0, 0.05) is 18.3 Å². The van der Waals surface area contributed by atoms with Gasteiger partial charge in [-0.1, -0.05) is 24.3 Å². The standard InChI is InChI=1S/C17H17N3O2/c1-11-6-5-9-18-15(11)19-16(21)12(2)20-10-13-7-3-4-8-14(13)17(20)22/h3-9,12H,10H2,1-2H3,(H,18,19,21). The summed E-state index contributed by atoms with van der Waals surface area (Å²) in [6.07, 6.45) is 1.63. The van der Waals surface area contributed by atoms with Crippen molar-refractivity contribution in [1.82, 2.24) is 9.88 Å². The Morgan fingerprint density at radius 2 is 2.05 bits per heavy atom. The van der Waals surface area contributed by atoms with Crippen molar-refractivity contribution >= 4 is 17.6 Å². The third-order valence-electron chi connectivity index (χ3n) is 3.95. The van der Waals surface area contributed by atoms with Crippen molar-refractivity contribution < 1.29 is 9.59 Å². The van der Waals surface area contributed by atoms with Gasteiger partial charge in [0.2, 0.25) is 5.91 Å². The number of anilines is 1. The molecule has 2 heterocycles. The largest absolute Gasteiger partial charge is 0.323 e. The van der Waals surface area contributed by atoms with E-state index in [2.05, 4.69) is 10.3 Å². The number of nitrogens with zero attached hydrogens (tertiary/aromatic N) is 2. The zero-order chi connectivity index (χ0) is 15.7. The van der Waals surface area contributed by atoms with Gasteiger partial charge in [-0.3, -0.25) is 9.59 Å². The first kappa shape index (κ1) is 14.3. The third kappa shape index (κ3) is 2.45. The first-order valence-electron chi connectivity index (χ1n) is 7.19. The van der Waals surface area contributed by atoms with Crippen LogP contribution in [0.1, 0.15) is 28.4 Å². The topological polar surface area (TPSA) is 62.3 Å². The lowest BCUT2D eigenvalue weighted by Crippen LogP contribution is -2.42. The van der Waals surface area contributed by atoms with E-state index in [0.29, 0.717) is 17.9 Å². The van der Waals surface area contributed by atoms with Crippen molar-refractivity contribution in [3.8, 4) is 0 Å². The highest BCUT2D eigenvalue weighted by Gasteiger charge is 2.33. The maximum Gasteiger partial charge on any atom is 0.255 e. The molecule has 112 valence electrons. The Bertz CT molecular complexity index is 742. The minimum atomic E-state index is -0.554. The van der Waals surface area contributed by atoms with Gasteiger partial charge in [-0.15, -0.1) is 0 Å². The van der Waals surface area contributed by atoms with Gasteiger partial charge >= 0.3 is 0 Å². The van der Waals surface area contributed by atoms with Gasteiger partial charge in [0.15, 0.2) is 0 Å². The molecule has 1 aromatic carbocycles. The molecule has 1 N–H and O–H groups in total. The fraction of sp³-hybridized carbons (Fsp3) is 0.235. The fourth-order valence-corrected chi connectivity index (χ4v) is 2.57. The van der Waals surface area contributed by atoms with E-state index in [1.54, 1.807) is 24.1 Å². The summed E-state index contributed by atoms with van der Waals surface area (Å²) in [7, 11) is 0. The highest BCUT2D eigenvalue weighted by Crippen LogP contribution is 2.24. The van der Waals surface area contributed by atoms with Crippen LogP contribution in [-0.4, -0.2) is 27.7 Å². The smallest absolute Gasteiger partial charge is 0.255 e. The SMILES string of the molecule is Cc1cccnc1NC(=O)C(C)N1Cc2ccccc2C1=O. The van der Waals surface area contributed by atoms with Crippen molar-refractivity contribution in [3.05, 3.63) is 59.3 Å². The van der Waals surface area contributed by atoms with Crippen LogP contribution in [0.4, 0.5) is 5.82 Å². The zero-order valence-corrected chi connectivity index (χ0v) is 12.5. The minimum Gasteiger partial charge on any atom is -0.323 e. The maximum atomic E-state index is 12.4. The molecule has 0 spiro atoms. The number of benzene rings is 1. The number of hydrogen-bond acceptors (Lipinski definition) is 3. The number of carbonyl (C=O) groups is 2. The summed E-state index contributed by atoms with van der Waals surface area (Å²) >= 11 is 0. The van der Waals surface area contributed by atoms with Crippen molar-refractivity contribution in [2.45, 2.75) is 26.4 Å². The normalized spacial score (nSPS) is 14.6. The summed E-state index contributed by atoms with van der Waals surface area (Å²) in [5, 5.41) is 2.79. The Labute approximate surface area is 129 Å². The summed E-state index contributed by atoms with van der Waals surface area (Å²) < 4.78 is 0. The highest BCUT2D eigenvalue weighted by molar-refractivity contribution is 6.03. The Morgan fingerprint density at radius 1 is 1.27 bits per heavy atom. The van der Waals surface area contributed by atoms with Gasteiger partial charge in [0.25, 0.3) is 5.91 Å². The molecule has 2 amide bonds. The average molecular weight is 295 g/mol. The second-order valence-corrected chi connectivity index (χ2v) is 5.42. The van der Waals surface area contributed by atoms with Crippen LogP contribution in [0.2, 0.25) is 0 Å². The monoisotopic (exact) mass is 295 g/mol. The van der Waals surface area contributed by atoms with Gasteiger partial charge in [0.1, 0.15) is 11.9 Å². The molecule has 1 aliphatic rings. The van der Waals surface area contributed by atoms with Crippen molar-refractivity contribution in [2.75, 3.05) is 5.32 Å². The molecular formula is C17H17N3O2. The molecule has 0 saturated heterocycles. The molecule has 0 saturated carbocycles. The van der Waals surface area contributed by atoms with E-state index < -0.39 is 6.04 Å². The minimum absolute atomic E-state index is 0.101. The molecule has 0 radical (unpaired) electrons. The number of hydrogen-bond donors (Lipinski definition) is 1. The van der Waals surface area contributed by atoms with Gasteiger partial charge in [-0.2, -0.15) is 0 Å². The van der Waals surface area contributed by atoms with E-state index >= 15 is 0 Å². The van der Waals surface area contributed by atoms with Gasteiger partial charge in [-0.25, -0.2) is 4.98 Å². The molecule has 0 aliphatic carbocycles. The van der Waals surface area contributed by atoms with E-state index in [9.17, 15) is 9.59 Å². The number of fused-ring (bicyclic) bond motifs is 1. The second kappa shape index (κ2) is 5.60. The van der Waals surface area contributed by atoms with E-state index in [1.165, 1.54) is 0 Å². The summed E-state index contributed by atoms with van der Waals surface area (Å²) in [5.74, 6) is 0.197. The van der Waals surface area contributed by atoms with Crippen LogP contribution in [0, 0.1) is 6.92 Å². The first-order chi connectivity index (χ1) is 10.6. The predicted molar refractivity (Wildman–Crippen MR) is 83.4 cm³/mol. The molecule has 5 nitrogen and oxygen atoms in total. The van der Waals surface area contributed by atoms with Gasteiger partial charge in [0.05, 0.1) is 0 Å². The Kier molecular flexibility index (Phi) is 3.63. The van der Waals surface area contributed by atoms with Gasteiger partial charge < -0.3 is 10.2 Å². The van der Waals surface area contributed by atoms with Crippen molar-refractivity contribution in [3.63, 3.8) is 0 Å². The molecule has 1 aromatic heterocycles. The third-order valence-corrected chi connectivity index (χ3v) is 3.95. The predicted octanol–water partition coefficient (Wildman–Crippen LogP) is 2.37. The fourth-order valence-electron chi connectivity index (χ4n) is 2.57. The molecular weight excluding hydrogens is 278 g/mol. The first-order valence-corrected chi connectivity index (χ1v) is 7.19. The van der Waals surface area contributed by atoms with Crippen molar-refractivity contribution in [2.24, 2.45) is 0 Å². The van der Waals surface area contributed by atoms with Crippen LogP contribution in [0.25, 0.3) is 0 Å². The van der Waals surface area contributed by atoms with Crippen LogP contribution in [0.3, 0.4) is 0 Å². The molecule has 0 fully saturated rings. The van der Waals surface area contributed by atoms with Crippen LogP contribution in [0.15, 0.2) is 42.6 Å². The maximum absolute atomic E-state index is 12.4. The van der Waals surface area contributed by atoms with Crippen LogP contribution >= 0.6 is 0 Å². The van der Waals surface area contributed by atoms with Crippen LogP contribution in [0.5, 0.6) is 0 Å².